The summed E-state index contributed by atoms with van der Waals surface area (Å²) >= 11 is 5.74. The van der Waals surface area contributed by atoms with Gasteiger partial charge in [0, 0.05) is 6.20 Å². The van der Waals surface area contributed by atoms with Gasteiger partial charge in [0.05, 0.1) is 11.5 Å². The fraction of sp³-hybridized carbons (Fsp3) is 0.538. The molecule has 1 atom stereocenters. The lowest BCUT2D eigenvalue weighted by molar-refractivity contribution is 0.310. The summed E-state index contributed by atoms with van der Waals surface area (Å²) in [7, 11) is 0. The van der Waals surface area contributed by atoms with E-state index in [-0.39, 0.29) is 5.41 Å². The summed E-state index contributed by atoms with van der Waals surface area (Å²) in [6.45, 7) is 8.34. The van der Waals surface area contributed by atoms with E-state index in [9.17, 15) is 5.26 Å². The zero-order valence-corrected chi connectivity index (χ0v) is 11.0. The van der Waals surface area contributed by atoms with E-state index in [1.54, 1.807) is 12.3 Å². The Balaban J connectivity index is 3.06. The lowest BCUT2D eigenvalue weighted by Crippen LogP contribution is -2.26. The summed E-state index contributed by atoms with van der Waals surface area (Å²) in [5.41, 5.74) is 0.522. The molecular formula is C13H17ClN2. The fourth-order valence-corrected chi connectivity index (χ4v) is 2.08. The Morgan fingerprint density at radius 3 is 2.31 bits per heavy atom. The summed E-state index contributed by atoms with van der Waals surface area (Å²) in [6, 6.07) is 6.00. The van der Waals surface area contributed by atoms with Gasteiger partial charge in [0.2, 0.25) is 0 Å². The number of rotatable bonds is 2. The molecule has 0 saturated carbocycles. The number of hydrogen-bond acceptors (Lipinski definition) is 2. The average Bonchev–Trinajstić information content (AvgIpc) is 2.16. The summed E-state index contributed by atoms with van der Waals surface area (Å²) in [5.74, 6) is 0. The minimum atomic E-state index is -0.504. The minimum absolute atomic E-state index is 0.101. The van der Waals surface area contributed by atoms with Crippen molar-refractivity contribution in [1.82, 2.24) is 4.98 Å². The maximum absolute atomic E-state index is 9.36. The van der Waals surface area contributed by atoms with Gasteiger partial charge in [-0.2, -0.15) is 5.26 Å². The Morgan fingerprint density at radius 2 is 1.94 bits per heavy atom. The Kier molecular flexibility index (Phi) is 3.60. The quantitative estimate of drug-likeness (QED) is 0.729. The van der Waals surface area contributed by atoms with Gasteiger partial charge in [-0.05, 0) is 30.4 Å². The van der Waals surface area contributed by atoms with Gasteiger partial charge in [0.15, 0.2) is 0 Å². The van der Waals surface area contributed by atoms with Crippen LogP contribution in [0, 0.1) is 16.7 Å². The topological polar surface area (TPSA) is 36.7 Å². The van der Waals surface area contributed by atoms with Crippen molar-refractivity contribution < 1.29 is 0 Å². The third-order valence-electron chi connectivity index (χ3n) is 2.50. The monoisotopic (exact) mass is 236 g/mol. The van der Waals surface area contributed by atoms with Crippen LogP contribution in [-0.4, -0.2) is 4.98 Å². The van der Waals surface area contributed by atoms with E-state index in [1.807, 2.05) is 13.0 Å². The molecular weight excluding hydrogens is 220 g/mol. The van der Waals surface area contributed by atoms with Crippen LogP contribution in [0.3, 0.4) is 0 Å². The second-order valence-electron chi connectivity index (χ2n) is 5.55. The molecule has 1 unspecified atom stereocenters. The zero-order chi connectivity index (χ0) is 12.4. The first kappa shape index (κ1) is 13.0. The predicted molar refractivity (Wildman–Crippen MR) is 66.3 cm³/mol. The Bertz CT molecular complexity index is 397. The van der Waals surface area contributed by atoms with Crippen molar-refractivity contribution in [3.63, 3.8) is 0 Å². The molecule has 16 heavy (non-hydrogen) atoms. The molecule has 0 aliphatic heterocycles. The molecule has 0 spiro atoms. The van der Waals surface area contributed by atoms with Crippen LogP contribution in [0.5, 0.6) is 0 Å². The molecule has 3 heteroatoms. The van der Waals surface area contributed by atoms with Crippen LogP contribution in [0.25, 0.3) is 0 Å². The number of aromatic nitrogens is 1. The first-order valence-electron chi connectivity index (χ1n) is 5.30. The summed E-state index contributed by atoms with van der Waals surface area (Å²) in [4.78, 5) is 4.04. The summed E-state index contributed by atoms with van der Waals surface area (Å²) in [5, 5.41) is 9.82. The van der Waals surface area contributed by atoms with Gasteiger partial charge < -0.3 is 0 Å². The normalized spacial score (nSPS) is 15.2. The fourth-order valence-electron chi connectivity index (χ4n) is 1.97. The molecule has 2 nitrogen and oxygen atoms in total. The number of nitrogens with zero attached hydrogens (tertiary/aromatic N) is 2. The SMILES string of the molecule is CC(C)(C)CC(C)(C#N)c1ccc(Cl)nc1. The highest BCUT2D eigenvalue weighted by molar-refractivity contribution is 6.29. The Morgan fingerprint density at radius 1 is 1.31 bits per heavy atom. The third-order valence-corrected chi connectivity index (χ3v) is 2.72. The van der Waals surface area contributed by atoms with Crippen LogP contribution < -0.4 is 0 Å². The molecule has 0 bridgehead atoms. The molecule has 0 aromatic carbocycles. The van der Waals surface area contributed by atoms with Gasteiger partial charge in [-0.15, -0.1) is 0 Å². The van der Waals surface area contributed by atoms with Gasteiger partial charge in [-0.25, -0.2) is 4.98 Å². The predicted octanol–water partition coefficient (Wildman–Crippen LogP) is 3.95. The van der Waals surface area contributed by atoms with E-state index in [4.69, 9.17) is 11.6 Å². The number of hydrogen-bond donors (Lipinski definition) is 0. The average molecular weight is 237 g/mol. The molecule has 0 N–H and O–H groups in total. The van der Waals surface area contributed by atoms with Crippen molar-refractivity contribution >= 4 is 11.6 Å². The van der Waals surface area contributed by atoms with E-state index in [2.05, 4.69) is 31.8 Å². The smallest absolute Gasteiger partial charge is 0.129 e. The van der Waals surface area contributed by atoms with E-state index in [0.29, 0.717) is 5.15 Å². The van der Waals surface area contributed by atoms with Crippen LogP contribution in [0.4, 0.5) is 0 Å². The molecule has 0 aliphatic carbocycles. The standard InChI is InChI=1S/C13H17ClN2/c1-12(2,3)8-13(4,9-15)10-5-6-11(14)16-7-10/h5-7H,8H2,1-4H3. The molecule has 1 heterocycles. The van der Waals surface area contributed by atoms with Crippen molar-refractivity contribution in [3.8, 4) is 6.07 Å². The highest BCUT2D eigenvalue weighted by Crippen LogP contribution is 2.35. The maximum atomic E-state index is 9.36. The first-order chi connectivity index (χ1) is 7.27. The molecule has 0 fully saturated rings. The van der Waals surface area contributed by atoms with Gasteiger partial charge in [-0.1, -0.05) is 38.4 Å². The molecule has 1 rings (SSSR count). The Labute approximate surface area is 102 Å². The largest absolute Gasteiger partial charge is 0.244 e. The minimum Gasteiger partial charge on any atom is -0.244 e. The highest BCUT2D eigenvalue weighted by Gasteiger charge is 2.32. The van der Waals surface area contributed by atoms with Crippen molar-refractivity contribution in [2.24, 2.45) is 5.41 Å². The van der Waals surface area contributed by atoms with Gasteiger partial charge in [0.25, 0.3) is 0 Å². The maximum Gasteiger partial charge on any atom is 0.129 e. The van der Waals surface area contributed by atoms with Crippen LogP contribution >= 0.6 is 11.6 Å². The number of nitriles is 1. The molecule has 1 aromatic rings. The lowest BCUT2D eigenvalue weighted by Gasteiger charge is -2.30. The van der Waals surface area contributed by atoms with Crippen LogP contribution in [0.15, 0.2) is 18.3 Å². The van der Waals surface area contributed by atoms with Gasteiger partial charge in [-0.3, -0.25) is 0 Å². The summed E-state index contributed by atoms with van der Waals surface area (Å²) < 4.78 is 0. The van der Waals surface area contributed by atoms with Crippen molar-refractivity contribution in [2.75, 3.05) is 0 Å². The van der Waals surface area contributed by atoms with E-state index < -0.39 is 5.41 Å². The Hall–Kier alpha value is -1.07. The van der Waals surface area contributed by atoms with E-state index >= 15 is 0 Å². The van der Waals surface area contributed by atoms with Crippen LogP contribution in [0.1, 0.15) is 39.7 Å². The number of halogens is 1. The summed E-state index contributed by atoms with van der Waals surface area (Å²) in [6.07, 6.45) is 2.48. The van der Waals surface area contributed by atoms with Crippen molar-refractivity contribution in [3.05, 3.63) is 29.0 Å². The zero-order valence-electron chi connectivity index (χ0n) is 10.2. The second kappa shape index (κ2) is 4.43. The first-order valence-corrected chi connectivity index (χ1v) is 5.68. The van der Waals surface area contributed by atoms with Crippen molar-refractivity contribution in [1.29, 1.82) is 5.26 Å². The molecule has 1 aromatic heterocycles. The highest BCUT2D eigenvalue weighted by atomic mass is 35.5. The number of pyridine rings is 1. The van der Waals surface area contributed by atoms with Crippen LogP contribution in [0.2, 0.25) is 5.15 Å². The van der Waals surface area contributed by atoms with Crippen LogP contribution in [-0.2, 0) is 5.41 Å². The van der Waals surface area contributed by atoms with Gasteiger partial charge in [0.1, 0.15) is 5.15 Å². The molecule has 0 aliphatic rings. The van der Waals surface area contributed by atoms with Crippen molar-refractivity contribution in [2.45, 2.75) is 39.5 Å². The van der Waals surface area contributed by atoms with Gasteiger partial charge >= 0.3 is 0 Å². The van der Waals surface area contributed by atoms with E-state index in [1.165, 1.54) is 0 Å². The third kappa shape index (κ3) is 3.21. The molecule has 0 radical (unpaired) electrons. The van der Waals surface area contributed by atoms with E-state index in [0.717, 1.165) is 12.0 Å². The molecule has 0 amide bonds. The second-order valence-corrected chi connectivity index (χ2v) is 5.94. The lowest BCUT2D eigenvalue weighted by atomic mass is 9.72. The molecule has 86 valence electrons. The molecule has 0 saturated heterocycles.